The molecule has 0 unspecified atom stereocenters. The first-order chi connectivity index (χ1) is 13.5. The summed E-state index contributed by atoms with van der Waals surface area (Å²) >= 11 is 1.37. The highest BCUT2D eigenvalue weighted by Gasteiger charge is 2.10. The van der Waals surface area contributed by atoms with Crippen molar-refractivity contribution in [2.75, 3.05) is 24.9 Å². The lowest BCUT2D eigenvalue weighted by Crippen LogP contribution is -2.12. The molecule has 2 amide bonds. The number of aryl methyl sites for hydroxylation is 1. The lowest BCUT2D eigenvalue weighted by atomic mass is 10.1. The van der Waals surface area contributed by atoms with Crippen LogP contribution in [0.3, 0.4) is 0 Å². The molecule has 0 bridgehead atoms. The Morgan fingerprint density at radius 1 is 1.04 bits per heavy atom. The molecule has 0 saturated heterocycles. The number of benzene rings is 2. The molecule has 146 valence electrons. The maximum atomic E-state index is 12.3. The van der Waals surface area contributed by atoms with Crippen LogP contribution in [0.2, 0.25) is 0 Å². The van der Waals surface area contributed by atoms with Gasteiger partial charge in [0.1, 0.15) is 11.5 Å². The molecule has 8 heteroatoms. The second-order valence-corrected chi connectivity index (χ2v) is 7.18. The summed E-state index contributed by atoms with van der Waals surface area (Å²) in [6, 6.07) is 11.0. The number of nitrogens with one attached hydrogen (secondary N) is 2. The molecule has 2 N–H and O–H groups in total. The molecule has 1 heterocycles. The number of aromatic nitrogens is 1. The third-order valence-electron chi connectivity index (χ3n) is 4.01. The van der Waals surface area contributed by atoms with Gasteiger partial charge in [0, 0.05) is 25.1 Å². The van der Waals surface area contributed by atoms with E-state index in [2.05, 4.69) is 15.6 Å². The molecule has 0 radical (unpaired) electrons. The van der Waals surface area contributed by atoms with E-state index in [-0.39, 0.29) is 11.8 Å². The number of fused-ring (bicyclic) bond motifs is 1. The van der Waals surface area contributed by atoms with E-state index >= 15 is 0 Å². The van der Waals surface area contributed by atoms with Crippen LogP contribution in [0.1, 0.15) is 18.9 Å². The Bertz CT molecular complexity index is 994. The van der Waals surface area contributed by atoms with Crippen molar-refractivity contribution in [1.82, 2.24) is 4.98 Å². The zero-order valence-electron chi connectivity index (χ0n) is 15.9. The second kappa shape index (κ2) is 8.71. The van der Waals surface area contributed by atoms with Gasteiger partial charge in [-0.3, -0.25) is 9.59 Å². The molecule has 1 aromatic heterocycles. The van der Waals surface area contributed by atoms with Crippen molar-refractivity contribution < 1.29 is 19.1 Å². The highest BCUT2D eigenvalue weighted by atomic mass is 32.1. The van der Waals surface area contributed by atoms with Gasteiger partial charge < -0.3 is 20.1 Å². The molecule has 0 aliphatic heterocycles. The van der Waals surface area contributed by atoms with Crippen molar-refractivity contribution >= 4 is 44.2 Å². The maximum Gasteiger partial charge on any atom is 0.226 e. The Morgan fingerprint density at radius 2 is 1.75 bits per heavy atom. The highest BCUT2D eigenvalue weighted by Crippen LogP contribution is 2.29. The zero-order chi connectivity index (χ0) is 20.1. The van der Waals surface area contributed by atoms with Gasteiger partial charge in [-0.05, 0) is 42.3 Å². The topological polar surface area (TPSA) is 89.5 Å². The van der Waals surface area contributed by atoms with Crippen LogP contribution in [0.4, 0.5) is 10.8 Å². The molecular formula is C20H21N3O4S. The monoisotopic (exact) mass is 399 g/mol. The molecule has 0 atom stereocenters. The Labute approximate surface area is 166 Å². The number of ether oxygens (including phenoxy) is 2. The van der Waals surface area contributed by atoms with Crippen molar-refractivity contribution in [3.05, 3.63) is 42.0 Å². The van der Waals surface area contributed by atoms with Crippen LogP contribution in [0.5, 0.6) is 11.5 Å². The van der Waals surface area contributed by atoms with Crippen molar-refractivity contribution in [2.24, 2.45) is 0 Å². The predicted octanol–water partition coefficient (Wildman–Crippen LogP) is 3.84. The molecule has 28 heavy (non-hydrogen) atoms. The Kier molecular flexibility index (Phi) is 6.10. The Hall–Kier alpha value is -3.13. The van der Waals surface area contributed by atoms with Crippen LogP contribution in [-0.2, 0) is 16.0 Å². The molecule has 0 saturated carbocycles. The molecular weight excluding hydrogens is 378 g/mol. The normalized spacial score (nSPS) is 10.5. The van der Waals surface area contributed by atoms with Crippen LogP contribution in [0.25, 0.3) is 10.2 Å². The largest absolute Gasteiger partial charge is 0.497 e. The number of hydrogen-bond donors (Lipinski definition) is 2. The minimum absolute atomic E-state index is 0.122. The summed E-state index contributed by atoms with van der Waals surface area (Å²) in [7, 11) is 3.19. The SMILES string of the molecule is COc1cc(CCC(=O)Nc2nc3ccc(NC(C)=O)cc3s2)cc(OC)c1. The van der Waals surface area contributed by atoms with Crippen molar-refractivity contribution in [3.8, 4) is 11.5 Å². The van der Waals surface area contributed by atoms with E-state index in [0.29, 0.717) is 35.2 Å². The van der Waals surface area contributed by atoms with Gasteiger partial charge in [-0.2, -0.15) is 0 Å². The van der Waals surface area contributed by atoms with Crippen LogP contribution >= 0.6 is 11.3 Å². The molecule has 0 fully saturated rings. The highest BCUT2D eigenvalue weighted by molar-refractivity contribution is 7.22. The van der Waals surface area contributed by atoms with E-state index in [9.17, 15) is 9.59 Å². The van der Waals surface area contributed by atoms with Crippen molar-refractivity contribution in [1.29, 1.82) is 0 Å². The fourth-order valence-corrected chi connectivity index (χ4v) is 3.63. The van der Waals surface area contributed by atoms with Crippen molar-refractivity contribution in [3.63, 3.8) is 0 Å². The third kappa shape index (κ3) is 4.98. The zero-order valence-corrected chi connectivity index (χ0v) is 16.7. The minimum Gasteiger partial charge on any atom is -0.497 e. The predicted molar refractivity (Wildman–Crippen MR) is 110 cm³/mol. The third-order valence-corrected chi connectivity index (χ3v) is 4.94. The lowest BCUT2D eigenvalue weighted by Gasteiger charge is -2.08. The average molecular weight is 399 g/mol. The van der Waals surface area contributed by atoms with Crippen LogP contribution < -0.4 is 20.1 Å². The number of carbonyl (C=O) groups is 2. The summed E-state index contributed by atoms with van der Waals surface area (Å²) in [6.07, 6.45) is 0.861. The fourth-order valence-electron chi connectivity index (χ4n) is 2.71. The number of nitrogens with zero attached hydrogens (tertiary/aromatic N) is 1. The van der Waals surface area contributed by atoms with Gasteiger partial charge in [-0.25, -0.2) is 4.98 Å². The summed E-state index contributed by atoms with van der Waals surface area (Å²) in [5.74, 6) is 1.13. The molecule has 0 spiro atoms. The molecule has 7 nitrogen and oxygen atoms in total. The summed E-state index contributed by atoms with van der Waals surface area (Å²) < 4.78 is 11.4. The van der Waals surface area contributed by atoms with E-state index in [4.69, 9.17) is 9.47 Å². The average Bonchev–Trinajstić information content (AvgIpc) is 3.06. The Balaban J connectivity index is 1.64. The van der Waals surface area contributed by atoms with Crippen LogP contribution in [0.15, 0.2) is 36.4 Å². The summed E-state index contributed by atoms with van der Waals surface area (Å²) in [6.45, 7) is 1.46. The number of thiazole rings is 1. The maximum absolute atomic E-state index is 12.3. The van der Waals surface area contributed by atoms with Gasteiger partial charge >= 0.3 is 0 Å². The van der Waals surface area contributed by atoms with Gasteiger partial charge in [0.15, 0.2) is 5.13 Å². The van der Waals surface area contributed by atoms with E-state index in [1.807, 2.05) is 24.3 Å². The summed E-state index contributed by atoms with van der Waals surface area (Å²) in [5, 5.41) is 6.10. The molecule has 3 rings (SSSR count). The first kappa shape index (κ1) is 19.6. The molecule has 0 aliphatic rings. The number of anilines is 2. The van der Waals surface area contributed by atoms with Gasteiger partial charge in [0.05, 0.1) is 24.4 Å². The number of hydrogen-bond acceptors (Lipinski definition) is 6. The van der Waals surface area contributed by atoms with Crippen molar-refractivity contribution in [2.45, 2.75) is 19.8 Å². The smallest absolute Gasteiger partial charge is 0.226 e. The number of methoxy groups -OCH3 is 2. The number of amides is 2. The first-order valence-corrected chi connectivity index (χ1v) is 9.48. The second-order valence-electron chi connectivity index (χ2n) is 6.15. The van der Waals surface area contributed by atoms with Gasteiger partial charge in [-0.15, -0.1) is 0 Å². The van der Waals surface area contributed by atoms with Crippen LogP contribution in [-0.4, -0.2) is 31.0 Å². The van der Waals surface area contributed by atoms with Gasteiger partial charge in [-0.1, -0.05) is 11.3 Å². The summed E-state index contributed by atoms with van der Waals surface area (Å²) in [4.78, 5) is 27.9. The van der Waals surface area contributed by atoms with Crippen LogP contribution in [0, 0.1) is 0 Å². The first-order valence-electron chi connectivity index (χ1n) is 8.67. The number of carbonyl (C=O) groups excluding carboxylic acids is 2. The quantitative estimate of drug-likeness (QED) is 0.630. The van der Waals surface area contributed by atoms with E-state index < -0.39 is 0 Å². The van der Waals surface area contributed by atoms with E-state index in [1.165, 1.54) is 18.3 Å². The van der Waals surface area contributed by atoms with E-state index in [0.717, 1.165) is 15.8 Å². The minimum atomic E-state index is -0.133. The standard InChI is InChI=1S/C20H21N3O4S/c1-12(24)21-14-5-6-17-18(10-14)28-20(22-17)23-19(25)7-4-13-8-15(26-2)11-16(9-13)27-3/h5-6,8-11H,4,7H2,1-3H3,(H,21,24)(H,22,23,25). The number of rotatable bonds is 7. The van der Waals surface area contributed by atoms with Gasteiger partial charge in [0.25, 0.3) is 0 Å². The van der Waals surface area contributed by atoms with E-state index in [1.54, 1.807) is 26.4 Å². The lowest BCUT2D eigenvalue weighted by molar-refractivity contribution is -0.116. The molecule has 2 aromatic carbocycles. The fraction of sp³-hybridized carbons (Fsp3) is 0.250. The molecule has 3 aromatic rings. The van der Waals surface area contributed by atoms with Gasteiger partial charge in [0.2, 0.25) is 11.8 Å². The summed E-state index contributed by atoms with van der Waals surface area (Å²) in [5.41, 5.74) is 2.43. The Morgan fingerprint density at radius 3 is 2.39 bits per heavy atom. The molecule has 0 aliphatic carbocycles.